The lowest BCUT2D eigenvalue weighted by Gasteiger charge is -2.24. The first-order valence-corrected chi connectivity index (χ1v) is 8.14. The zero-order valence-corrected chi connectivity index (χ0v) is 13.6. The van der Waals surface area contributed by atoms with E-state index in [-0.39, 0.29) is 0 Å². The fraction of sp³-hybridized carbons (Fsp3) is 0.529. The molecule has 0 radical (unpaired) electrons. The fourth-order valence-electron chi connectivity index (χ4n) is 2.96. The largest absolute Gasteiger partial charge is 0.310 e. The van der Waals surface area contributed by atoms with Crippen LogP contribution in [0.1, 0.15) is 55.7 Å². The molecule has 1 aliphatic rings. The van der Waals surface area contributed by atoms with E-state index in [1.54, 1.807) is 5.57 Å². The number of hydrogen-bond donors (Lipinski definition) is 1. The highest BCUT2D eigenvalue weighted by molar-refractivity contribution is 9.10. The molecule has 0 saturated heterocycles. The summed E-state index contributed by atoms with van der Waals surface area (Å²) >= 11 is 3.65. The van der Waals surface area contributed by atoms with E-state index in [1.807, 2.05) is 0 Å². The van der Waals surface area contributed by atoms with Crippen LogP contribution in [0.2, 0.25) is 0 Å². The van der Waals surface area contributed by atoms with E-state index in [2.05, 4.69) is 59.5 Å². The van der Waals surface area contributed by atoms with Crippen molar-refractivity contribution in [2.24, 2.45) is 0 Å². The maximum absolute atomic E-state index is 3.65. The van der Waals surface area contributed by atoms with Gasteiger partial charge in [0, 0.05) is 4.47 Å². The van der Waals surface area contributed by atoms with Crippen LogP contribution in [0, 0.1) is 6.92 Å². The Morgan fingerprint density at radius 1 is 1.16 bits per heavy atom. The lowest BCUT2D eigenvalue weighted by atomic mass is 9.89. The van der Waals surface area contributed by atoms with Gasteiger partial charge in [0.05, 0.1) is 6.04 Å². The summed E-state index contributed by atoms with van der Waals surface area (Å²) in [5, 5.41) is 3.52. The van der Waals surface area contributed by atoms with Gasteiger partial charge in [0.25, 0.3) is 0 Å². The molecule has 0 heterocycles. The van der Waals surface area contributed by atoms with E-state index in [4.69, 9.17) is 0 Å². The van der Waals surface area contributed by atoms with Crippen LogP contribution >= 0.6 is 15.9 Å². The molecule has 1 atom stereocenters. The van der Waals surface area contributed by atoms with Crippen molar-refractivity contribution >= 4 is 15.9 Å². The SMILES string of the molecule is CNC(/C1=C/CCCCCC1)c1cccc(Br)c1C. The second-order valence-corrected chi connectivity index (χ2v) is 6.26. The number of rotatable bonds is 3. The highest BCUT2D eigenvalue weighted by Gasteiger charge is 2.17. The van der Waals surface area contributed by atoms with Crippen LogP contribution in [-0.2, 0) is 0 Å². The highest BCUT2D eigenvalue weighted by atomic mass is 79.9. The fourth-order valence-corrected chi connectivity index (χ4v) is 3.34. The molecule has 1 N–H and O–H groups in total. The minimum atomic E-state index is 0.371. The molecule has 1 aromatic carbocycles. The zero-order valence-electron chi connectivity index (χ0n) is 12.0. The molecule has 19 heavy (non-hydrogen) atoms. The van der Waals surface area contributed by atoms with Gasteiger partial charge in [0.15, 0.2) is 0 Å². The molecular weight excluding hydrogens is 298 g/mol. The quantitative estimate of drug-likeness (QED) is 0.745. The molecule has 104 valence electrons. The average molecular weight is 322 g/mol. The maximum atomic E-state index is 3.65. The number of benzene rings is 1. The van der Waals surface area contributed by atoms with E-state index in [9.17, 15) is 0 Å². The van der Waals surface area contributed by atoms with Crippen LogP contribution in [-0.4, -0.2) is 7.05 Å². The summed E-state index contributed by atoms with van der Waals surface area (Å²) in [6, 6.07) is 6.88. The Morgan fingerprint density at radius 3 is 2.74 bits per heavy atom. The molecule has 1 aromatic rings. The second-order valence-electron chi connectivity index (χ2n) is 5.41. The van der Waals surface area contributed by atoms with Crippen molar-refractivity contribution in [3.63, 3.8) is 0 Å². The predicted octanol–water partition coefficient (Wildman–Crippen LogP) is 5.30. The Morgan fingerprint density at radius 2 is 1.95 bits per heavy atom. The zero-order chi connectivity index (χ0) is 13.7. The molecule has 0 fully saturated rings. The molecule has 0 aliphatic heterocycles. The first-order chi connectivity index (χ1) is 9.24. The summed E-state index contributed by atoms with van der Waals surface area (Å²) in [6.07, 6.45) is 10.4. The standard InChI is InChI=1S/C17H24BrN/c1-13-15(11-8-12-16(13)18)17(19-2)14-9-6-4-3-5-7-10-14/h8-9,11-12,17,19H,3-7,10H2,1-2H3/b14-9+. The lowest BCUT2D eigenvalue weighted by molar-refractivity contribution is 0.572. The van der Waals surface area contributed by atoms with Crippen molar-refractivity contribution in [1.29, 1.82) is 0 Å². The second kappa shape index (κ2) is 7.25. The summed E-state index contributed by atoms with van der Waals surface area (Å²) in [5.74, 6) is 0. The summed E-state index contributed by atoms with van der Waals surface area (Å²) in [5.41, 5.74) is 4.33. The Labute approximate surface area is 125 Å². The molecule has 0 spiro atoms. The predicted molar refractivity (Wildman–Crippen MR) is 86.5 cm³/mol. The lowest BCUT2D eigenvalue weighted by Crippen LogP contribution is -2.20. The number of likely N-dealkylation sites (N-methyl/N-ethyl adjacent to an activating group) is 1. The number of nitrogens with one attached hydrogen (secondary N) is 1. The van der Waals surface area contributed by atoms with Gasteiger partial charge in [-0.2, -0.15) is 0 Å². The van der Waals surface area contributed by atoms with Crippen LogP contribution < -0.4 is 5.32 Å². The summed E-state index contributed by atoms with van der Waals surface area (Å²) in [7, 11) is 2.07. The van der Waals surface area contributed by atoms with Gasteiger partial charge in [-0.25, -0.2) is 0 Å². The van der Waals surface area contributed by atoms with Gasteiger partial charge < -0.3 is 5.32 Å². The third-order valence-corrected chi connectivity index (χ3v) is 4.97. The smallest absolute Gasteiger partial charge is 0.0536 e. The first kappa shape index (κ1) is 14.8. The van der Waals surface area contributed by atoms with Crippen molar-refractivity contribution < 1.29 is 0 Å². The molecule has 2 heteroatoms. The van der Waals surface area contributed by atoms with Crippen molar-refractivity contribution in [3.8, 4) is 0 Å². The third kappa shape index (κ3) is 3.70. The molecule has 0 bridgehead atoms. The summed E-state index contributed by atoms with van der Waals surface area (Å²) < 4.78 is 1.21. The van der Waals surface area contributed by atoms with E-state index >= 15 is 0 Å². The van der Waals surface area contributed by atoms with Gasteiger partial charge in [-0.15, -0.1) is 0 Å². The summed E-state index contributed by atoms with van der Waals surface area (Å²) in [6.45, 7) is 2.20. The molecule has 0 aromatic heterocycles. The Bertz CT molecular complexity index is 451. The maximum Gasteiger partial charge on any atom is 0.0536 e. The van der Waals surface area contributed by atoms with Crippen molar-refractivity contribution in [3.05, 3.63) is 45.4 Å². The van der Waals surface area contributed by atoms with Gasteiger partial charge >= 0.3 is 0 Å². The summed E-state index contributed by atoms with van der Waals surface area (Å²) in [4.78, 5) is 0. The highest BCUT2D eigenvalue weighted by Crippen LogP contribution is 2.32. The molecule has 0 saturated carbocycles. The van der Waals surface area contributed by atoms with Gasteiger partial charge in [0.1, 0.15) is 0 Å². The van der Waals surface area contributed by atoms with Crippen LogP contribution in [0.4, 0.5) is 0 Å². The van der Waals surface area contributed by atoms with Crippen LogP contribution in [0.15, 0.2) is 34.3 Å². The van der Waals surface area contributed by atoms with Crippen LogP contribution in [0.25, 0.3) is 0 Å². The Balaban J connectivity index is 2.30. The molecule has 1 unspecified atom stereocenters. The first-order valence-electron chi connectivity index (χ1n) is 7.35. The molecule has 0 amide bonds. The van der Waals surface area contributed by atoms with Crippen LogP contribution in [0.3, 0.4) is 0 Å². The van der Waals surface area contributed by atoms with Crippen molar-refractivity contribution in [2.75, 3.05) is 7.05 Å². The number of hydrogen-bond acceptors (Lipinski definition) is 1. The van der Waals surface area contributed by atoms with Gasteiger partial charge in [-0.05, 0) is 56.8 Å². The van der Waals surface area contributed by atoms with Crippen LogP contribution in [0.5, 0.6) is 0 Å². The van der Waals surface area contributed by atoms with E-state index < -0.39 is 0 Å². The van der Waals surface area contributed by atoms with Gasteiger partial charge in [-0.1, -0.05) is 52.6 Å². The molecule has 2 rings (SSSR count). The minimum Gasteiger partial charge on any atom is -0.310 e. The number of allylic oxidation sites excluding steroid dienone is 1. The van der Waals surface area contributed by atoms with Crippen molar-refractivity contribution in [1.82, 2.24) is 5.32 Å². The molecule has 1 aliphatic carbocycles. The van der Waals surface area contributed by atoms with E-state index in [0.717, 1.165) is 0 Å². The molecule has 1 nitrogen and oxygen atoms in total. The van der Waals surface area contributed by atoms with Gasteiger partial charge in [-0.3, -0.25) is 0 Å². The Kier molecular flexibility index (Phi) is 5.65. The minimum absolute atomic E-state index is 0.371. The van der Waals surface area contributed by atoms with Gasteiger partial charge in [0.2, 0.25) is 0 Å². The Hall–Kier alpha value is -0.600. The number of halogens is 1. The van der Waals surface area contributed by atoms with E-state index in [0.29, 0.717) is 6.04 Å². The van der Waals surface area contributed by atoms with E-state index in [1.165, 1.54) is 54.1 Å². The van der Waals surface area contributed by atoms with Crippen molar-refractivity contribution in [2.45, 2.75) is 51.5 Å². The normalized spacial score (nSPS) is 21.1. The average Bonchev–Trinajstić information content (AvgIpc) is 2.37. The monoisotopic (exact) mass is 321 g/mol. The third-order valence-electron chi connectivity index (χ3n) is 4.11. The molecular formula is C17H24BrN. The topological polar surface area (TPSA) is 12.0 Å².